The first-order valence-corrected chi connectivity index (χ1v) is 12.7. The number of thioether (sulfide) groups is 1. The number of esters is 1. The third kappa shape index (κ3) is 6.52. The summed E-state index contributed by atoms with van der Waals surface area (Å²) < 4.78 is 15.8. The first kappa shape index (κ1) is 24.6. The lowest BCUT2D eigenvalue weighted by atomic mass is 10.1. The molecule has 0 aliphatic carbocycles. The van der Waals surface area contributed by atoms with Crippen molar-refractivity contribution in [3.8, 4) is 11.5 Å². The second-order valence-corrected chi connectivity index (χ2v) is 9.10. The van der Waals surface area contributed by atoms with E-state index in [1.54, 1.807) is 39.1 Å². The molecular formula is C24H25N5O4S2. The van der Waals surface area contributed by atoms with E-state index in [0.29, 0.717) is 23.2 Å². The largest absolute Gasteiger partial charge is 0.497 e. The van der Waals surface area contributed by atoms with Gasteiger partial charge in [0.1, 0.15) is 11.5 Å². The van der Waals surface area contributed by atoms with Crippen LogP contribution < -0.4 is 14.9 Å². The summed E-state index contributed by atoms with van der Waals surface area (Å²) >= 11 is 2.97. The van der Waals surface area contributed by atoms with Crippen molar-refractivity contribution in [1.29, 1.82) is 0 Å². The lowest BCUT2D eigenvalue weighted by Gasteiger charge is -2.08. The number of nitrogens with one attached hydrogen (secondary N) is 2. The zero-order valence-electron chi connectivity index (χ0n) is 19.5. The van der Waals surface area contributed by atoms with E-state index < -0.39 is 0 Å². The summed E-state index contributed by atoms with van der Waals surface area (Å²) in [6, 6.07) is 11.6. The Bertz CT molecular complexity index is 1330. The Kier molecular flexibility index (Phi) is 8.22. The minimum absolute atomic E-state index is 0.147. The molecular weight excluding hydrogens is 486 g/mol. The van der Waals surface area contributed by atoms with Gasteiger partial charge in [-0.2, -0.15) is 5.10 Å². The molecule has 0 atom stereocenters. The Labute approximate surface area is 210 Å². The predicted octanol–water partition coefficient (Wildman–Crippen LogP) is 4.88. The Balaban J connectivity index is 1.39. The molecule has 4 rings (SSSR count). The number of hydrazone groups is 1. The van der Waals surface area contributed by atoms with Crippen LogP contribution >= 0.6 is 23.1 Å². The van der Waals surface area contributed by atoms with Crippen LogP contribution in [0.5, 0.6) is 11.5 Å². The third-order valence-corrected chi connectivity index (χ3v) is 6.61. The van der Waals surface area contributed by atoms with Crippen LogP contribution in [0.25, 0.3) is 11.0 Å². The van der Waals surface area contributed by atoms with Gasteiger partial charge in [0.15, 0.2) is 5.16 Å². The highest BCUT2D eigenvalue weighted by atomic mass is 32.2. The first-order chi connectivity index (χ1) is 17.1. The number of ether oxygens (including phenoxy) is 3. The van der Waals surface area contributed by atoms with Crippen LogP contribution in [0.15, 0.2) is 52.0 Å². The van der Waals surface area contributed by atoms with Crippen molar-refractivity contribution >= 4 is 51.4 Å². The van der Waals surface area contributed by atoms with E-state index in [0.717, 1.165) is 38.8 Å². The molecule has 0 amide bonds. The number of hydrogen-bond donors (Lipinski definition) is 2. The fourth-order valence-corrected chi connectivity index (χ4v) is 4.78. The number of rotatable bonds is 11. The number of carbonyl (C=O) groups is 1. The zero-order chi connectivity index (χ0) is 24.6. The average Bonchev–Trinajstić information content (AvgIpc) is 3.48. The Hall–Kier alpha value is -3.57. The number of aromatic amines is 1. The summed E-state index contributed by atoms with van der Waals surface area (Å²) in [5.41, 5.74) is 7.31. The third-order valence-electron chi connectivity index (χ3n) is 4.89. The van der Waals surface area contributed by atoms with Gasteiger partial charge >= 0.3 is 5.97 Å². The van der Waals surface area contributed by atoms with E-state index in [4.69, 9.17) is 14.2 Å². The number of carbonyl (C=O) groups excluding carboxylic acids is 1. The molecule has 11 heteroatoms. The molecule has 4 aromatic rings. The number of imidazole rings is 1. The molecule has 0 radical (unpaired) electrons. The van der Waals surface area contributed by atoms with Crippen molar-refractivity contribution in [2.45, 2.75) is 24.3 Å². The maximum atomic E-state index is 11.6. The SMILES string of the molecule is CCOC(=O)Cc1csc(NN=Cc2ccc(OC)c(CSc3nc4ccc(OC)cc4[nH]3)c2)n1. The number of nitrogens with zero attached hydrogens (tertiary/aromatic N) is 3. The minimum Gasteiger partial charge on any atom is -0.497 e. The molecule has 2 N–H and O–H groups in total. The maximum absolute atomic E-state index is 11.6. The van der Waals surface area contributed by atoms with Crippen LogP contribution in [0.3, 0.4) is 0 Å². The van der Waals surface area contributed by atoms with E-state index in [1.165, 1.54) is 11.3 Å². The lowest BCUT2D eigenvalue weighted by molar-refractivity contribution is -0.142. The number of methoxy groups -OCH3 is 2. The smallest absolute Gasteiger partial charge is 0.311 e. The average molecular weight is 512 g/mol. The van der Waals surface area contributed by atoms with E-state index in [-0.39, 0.29) is 12.4 Å². The van der Waals surface area contributed by atoms with Gasteiger partial charge in [0, 0.05) is 22.8 Å². The molecule has 35 heavy (non-hydrogen) atoms. The van der Waals surface area contributed by atoms with Gasteiger partial charge in [0.25, 0.3) is 0 Å². The van der Waals surface area contributed by atoms with Crippen molar-refractivity contribution < 1.29 is 19.0 Å². The molecule has 0 spiro atoms. The van der Waals surface area contributed by atoms with Crippen LogP contribution in [0.4, 0.5) is 5.13 Å². The van der Waals surface area contributed by atoms with Crippen molar-refractivity contribution in [3.05, 3.63) is 58.6 Å². The summed E-state index contributed by atoms with van der Waals surface area (Å²) in [7, 11) is 3.30. The summed E-state index contributed by atoms with van der Waals surface area (Å²) in [6.45, 7) is 2.13. The number of H-pyrrole nitrogens is 1. The van der Waals surface area contributed by atoms with Gasteiger partial charge in [-0.15, -0.1) is 11.3 Å². The minimum atomic E-state index is -0.293. The summed E-state index contributed by atoms with van der Waals surface area (Å²) in [5, 5.41) is 7.51. The molecule has 0 unspecified atom stereocenters. The molecule has 182 valence electrons. The summed E-state index contributed by atoms with van der Waals surface area (Å²) in [5.74, 6) is 1.95. The highest BCUT2D eigenvalue weighted by molar-refractivity contribution is 7.98. The number of anilines is 1. The fraction of sp³-hybridized carbons (Fsp3) is 0.250. The molecule has 0 bridgehead atoms. The number of benzene rings is 2. The van der Waals surface area contributed by atoms with Crippen LogP contribution in [0.1, 0.15) is 23.7 Å². The number of hydrogen-bond acceptors (Lipinski definition) is 10. The molecule has 9 nitrogen and oxygen atoms in total. The molecule has 2 aromatic carbocycles. The normalized spacial score (nSPS) is 11.2. The predicted molar refractivity (Wildman–Crippen MR) is 139 cm³/mol. The molecule has 0 aliphatic rings. The van der Waals surface area contributed by atoms with Crippen molar-refractivity contribution in [1.82, 2.24) is 15.0 Å². The lowest BCUT2D eigenvalue weighted by Crippen LogP contribution is -2.07. The highest BCUT2D eigenvalue weighted by Crippen LogP contribution is 2.29. The van der Waals surface area contributed by atoms with Gasteiger partial charge in [-0.3, -0.25) is 10.2 Å². The monoisotopic (exact) mass is 511 g/mol. The van der Waals surface area contributed by atoms with Gasteiger partial charge < -0.3 is 19.2 Å². The van der Waals surface area contributed by atoms with E-state index in [1.807, 2.05) is 41.8 Å². The van der Waals surface area contributed by atoms with Gasteiger partial charge in [-0.05, 0) is 42.8 Å². The van der Waals surface area contributed by atoms with Crippen LogP contribution in [-0.2, 0) is 21.7 Å². The Morgan fingerprint density at radius 1 is 1.20 bits per heavy atom. The molecule has 0 saturated heterocycles. The maximum Gasteiger partial charge on any atom is 0.311 e. The second kappa shape index (κ2) is 11.7. The Morgan fingerprint density at radius 3 is 2.89 bits per heavy atom. The quantitative estimate of drug-likeness (QED) is 0.127. The topological polar surface area (TPSA) is 111 Å². The fourth-order valence-electron chi connectivity index (χ4n) is 3.26. The van der Waals surface area contributed by atoms with E-state index in [2.05, 4.69) is 25.5 Å². The summed E-state index contributed by atoms with van der Waals surface area (Å²) in [4.78, 5) is 23.9. The molecule has 2 aromatic heterocycles. The van der Waals surface area contributed by atoms with Crippen LogP contribution in [0, 0.1) is 0 Å². The van der Waals surface area contributed by atoms with E-state index in [9.17, 15) is 4.79 Å². The van der Waals surface area contributed by atoms with Crippen molar-refractivity contribution in [2.75, 3.05) is 26.3 Å². The highest BCUT2D eigenvalue weighted by Gasteiger charge is 2.10. The molecule has 0 aliphatic heterocycles. The van der Waals surface area contributed by atoms with Gasteiger partial charge in [0.05, 0.1) is 50.2 Å². The summed E-state index contributed by atoms with van der Waals surface area (Å²) in [6.07, 6.45) is 1.86. The van der Waals surface area contributed by atoms with Crippen LogP contribution in [0.2, 0.25) is 0 Å². The first-order valence-electron chi connectivity index (χ1n) is 10.8. The zero-order valence-corrected chi connectivity index (χ0v) is 21.2. The molecule has 2 heterocycles. The van der Waals surface area contributed by atoms with Gasteiger partial charge in [-0.25, -0.2) is 9.97 Å². The number of thiazole rings is 1. The standard InChI is InChI=1S/C24H25N5O4S2/c1-4-33-22(30)10-17-14-35-24(26-17)29-25-12-15-5-8-21(32-3)16(9-15)13-34-23-27-19-7-6-18(31-2)11-20(19)28-23/h5-9,11-12,14H,4,10,13H2,1-3H3,(H,26,29)(H,27,28). The van der Waals surface area contributed by atoms with Crippen LogP contribution in [-0.4, -0.2) is 48.0 Å². The molecule has 0 saturated carbocycles. The molecule has 0 fully saturated rings. The van der Waals surface area contributed by atoms with E-state index >= 15 is 0 Å². The Morgan fingerprint density at radius 2 is 2.09 bits per heavy atom. The second-order valence-electron chi connectivity index (χ2n) is 7.28. The van der Waals surface area contributed by atoms with Gasteiger partial charge in [0.2, 0.25) is 5.13 Å². The van der Waals surface area contributed by atoms with Crippen molar-refractivity contribution in [2.24, 2.45) is 5.10 Å². The number of aromatic nitrogens is 3. The number of fused-ring (bicyclic) bond motifs is 1. The van der Waals surface area contributed by atoms with Crippen molar-refractivity contribution in [3.63, 3.8) is 0 Å². The van der Waals surface area contributed by atoms with Gasteiger partial charge in [-0.1, -0.05) is 11.8 Å².